The van der Waals surface area contributed by atoms with Crippen molar-refractivity contribution in [2.45, 2.75) is 205 Å². The third kappa shape index (κ3) is 11.8. The number of hydrogen-bond acceptors (Lipinski definition) is 8. The number of fused-ring (bicyclic) bond motifs is 1. The van der Waals surface area contributed by atoms with Crippen LogP contribution in [0.25, 0.3) is 0 Å². The summed E-state index contributed by atoms with van der Waals surface area (Å²) in [7, 11) is 1.16. The first kappa shape index (κ1) is 45.9. The maximum absolute atomic E-state index is 7.41. The summed E-state index contributed by atoms with van der Waals surface area (Å²) < 4.78 is 57.6. The molecule has 0 spiro atoms. The summed E-state index contributed by atoms with van der Waals surface area (Å²) >= 11 is -3.01. The molecule has 0 bridgehead atoms. The third-order valence-electron chi connectivity index (χ3n) is 11.6. The number of methoxy groups -OCH3 is 2. The Hall–Kier alpha value is 0.696. The Balaban J connectivity index is 2.89. The molecule has 10 heteroatoms. The normalized spacial score (nSPS) is 28.5. The molecular weight excluding hydrogens is 743 g/mol. The maximum atomic E-state index is 7.41. The molecule has 0 unspecified atom stereocenters. The molecule has 1 saturated heterocycles. The van der Waals surface area contributed by atoms with E-state index in [0.717, 1.165) is 6.42 Å². The fourth-order valence-electron chi connectivity index (χ4n) is 8.14. The molecule has 0 aromatic carbocycles. The first-order valence-corrected chi connectivity index (χ1v) is 30.1. The van der Waals surface area contributed by atoms with E-state index in [1.165, 1.54) is 51.8 Å². The second kappa shape index (κ2) is 18.8. The zero-order valence-corrected chi connectivity index (χ0v) is 38.8. The van der Waals surface area contributed by atoms with Crippen molar-refractivity contribution < 1.29 is 37.6 Å². The van der Waals surface area contributed by atoms with E-state index in [0.29, 0.717) is 19.8 Å². The van der Waals surface area contributed by atoms with Crippen LogP contribution in [0.3, 0.4) is 0 Å². The Labute approximate surface area is 308 Å². The standard InChI is InChI=1S/C27H53O8Si.3C4H9.Sn/c1-23(2,3)32-20-16-21(34-36(12,13)24(4,5)6)27(17-31-19-29-11)22(33-25(7,8)35-27)26(20,9)14-15-30-18-28-10;3*1-3-4-2;/h15,20-22H,14,16-19H2,1-13H3;3*1,3-4H2,2H3;/t20-,21-,22+,26+,27-;;;;/m0..../s1. The number of unbranched alkanes of at least 4 members (excludes halogenated alkanes) is 3. The van der Waals surface area contributed by atoms with Gasteiger partial charge >= 0.3 is 309 Å². The molecule has 0 aromatic heterocycles. The Morgan fingerprint density at radius 2 is 1.35 bits per heavy atom. The number of hydrogen-bond donors (Lipinski definition) is 0. The van der Waals surface area contributed by atoms with Crippen LogP contribution in [0.1, 0.15) is 134 Å². The fraction of sp³-hybridized carbons (Fsp3) is 1.00. The van der Waals surface area contributed by atoms with Crippen LogP contribution in [0.4, 0.5) is 0 Å². The number of rotatable bonds is 22. The first-order valence-electron chi connectivity index (χ1n) is 19.5. The van der Waals surface area contributed by atoms with Crippen molar-refractivity contribution >= 4 is 26.7 Å². The molecule has 0 radical (unpaired) electrons. The van der Waals surface area contributed by atoms with Gasteiger partial charge in [0, 0.05) is 0 Å². The van der Waals surface area contributed by atoms with Gasteiger partial charge in [0.1, 0.15) is 0 Å². The topological polar surface area (TPSA) is 73.8 Å². The Morgan fingerprint density at radius 1 is 0.816 bits per heavy atom. The first-order chi connectivity index (χ1) is 22.6. The van der Waals surface area contributed by atoms with Crippen LogP contribution in [0.15, 0.2) is 0 Å². The average molecular weight is 824 g/mol. The van der Waals surface area contributed by atoms with Crippen molar-refractivity contribution in [1.82, 2.24) is 0 Å². The molecule has 1 aliphatic heterocycles. The van der Waals surface area contributed by atoms with Crippen molar-refractivity contribution in [2.75, 3.05) is 34.4 Å². The molecule has 1 heterocycles. The predicted octanol–water partition coefficient (Wildman–Crippen LogP) is 10.2. The predicted molar refractivity (Wildman–Crippen MR) is 206 cm³/mol. The molecule has 0 aromatic rings. The summed E-state index contributed by atoms with van der Waals surface area (Å²) in [6.07, 6.45) is 8.16. The fourth-order valence-corrected chi connectivity index (χ4v) is 27.1. The van der Waals surface area contributed by atoms with Gasteiger partial charge in [-0.05, 0) is 0 Å². The quantitative estimate of drug-likeness (QED) is 0.0607. The van der Waals surface area contributed by atoms with Gasteiger partial charge in [0.15, 0.2) is 0 Å². The second-order valence-corrected chi connectivity index (χ2v) is 37.1. The van der Waals surface area contributed by atoms with E-state index in [9.17, 15) is 0 Å². The van der Waals surface area contributed by atoms with Crippen LogP contribution in [-0.4, -0.2) is 101 Å². The van der Waals surface area contributed by atoms with Crippen LogP contribution < -0.4 is 0 Å². The summed E-state index contributed by atoms with van der Waals surface area (Å²) in [6.45, 7) is 32.3. The zero-order chi connectivity index (χ0) is 37.4. The molecule has 2 rings (SSSR count). The summed E-state index contributed by atoms with van der Waals surface area (Å²) in [5.74, 6) is -0.843. The molecule has 1 saturated carbocycles. The van der Waals surface area contributed by atoms with Crippen molar-refractivity contribution in [1.29, 1.82) is 0 Å². The molecule has 292 valence electrons. The van der Waals surface area contributed by atoms with Gasteiger partial charge in [0.25, 0.3) is 0 Å². The van der Waals surface area contributed by atoms with Gasteiger partial charge in [-0.2, -0.15) is 0 Å². The molecule has 2 fully saturated rings. The molecule has 49 heavy (non-hydrogen) atoms. The van der Waals surface area contributed by atoms with Gasteiger partial charge in [0.2, 0.25) is 0 Å². The average Bonchev–Trinajstić information content (AvgIpc) is 3.29. The van der Waals surface area contributed by atoms with Crippen LogP contribution in [0.2, 0.25) is 31.4 Å². The van der Waals surface area contributed by atoms with E-state index in [2.05, 4.69) is 82.3 Å². The molecule has 0 amide bonds. The number of ether oxygens (including phenoxy) is 7. The minimum absolute atomic E-state index is 0.0121. The molecule has 8 nitrogen and oxygen atoms in total. The van der Waals surface area contributed by atoms with E-state index in [4.69, 9.17) is 37.6 Å². The van der Waals surface area contributed by atoms with E-state index < -0.39 is 43.5 Å². The summed E-state index contributed by atoms with van der Waals surface area (Å²) in [6, 6.07) is 0. The SMILES string of the molecule is CCC[CH2][Sn]([CH2]CCC)([CH2]CCC)[C@H](C[C@]1(C)[C@@H](OC(C)(C)C)C[C@H](O[Si](C)(C)C(C)(C)C)[C@]2(COCOC)OC(C)(C)O[C@H]12)OCOC. The van der Waals surface area contributed by atoms with Gasteiger partial charge in [-0.15, -0.1) is 0 Å². The summed E-state index contributed by atoms with van der Waals surface area (Å²) in [5, 5.41) is 0.0121. The third-order valence-corrected chi connectivity index (χ3v) is 32.6. The van der Waals surface area contributed by atoms with Crippen molar-refractivity contribution in [3.63, 3.8) is 0 Å². The van der Waals surface area contributed by atoms with E-state index >= 15 is 0 Å². The monoisotopic (exact) mass is 824 g/mol. The molecule has 0 N–H and O–H groups in total. The van der Waals surface area contributed by atoms with Gasteiger partial charge in [-0.25, -0.2) is 0 Å². The molecule has 2 aliphatic rings. The van der Waals surface area contributed by atoms with Crippen molar-refractivity contribution in [3.05, 3.63) is 0 Å². The van der Waals surface area contributed by atoms with Gasteiger partial charge < -0.3 is 0 Å². The Morgan fingerprint density at radius 3 is 1.80 bits per heavy atom. The van der Waals surface area contributed by atoms with Crippen molar-refractivity contribution in [2.24, 2.45) is 5.41 Å². The van der Waals surface area contributed by atoms with Crippen LogP contribution in [0, 0.1) is 5.41 Å². The summed E-state index contributed by atoms with van der Waals surface area (Å²) in [5.41, 5.74) is -1.69. The van der Waals surface area contributed by atoms with Crippen LogP contribution >= 0.6 is 0 Å². The Kier molecular flexibility index (Phi) is 17.6. The summed E-state index contributed by atoms with van der Waals surface area (Å²) in [4.78, 5) is 0. The van der Waals surface area contributed by atoms with Gasteiger partial charge in [0.05, 0.1) is 0 Å². The van der Waals surface area contributed by atoms with Crippen molar-refractivity contribution in [3.8, 4) is 0 Å². The zero-order valence-electron chi connectivity index (χ0n) is 35.0. The second-order valence-electron chi connectivity index (χ2n) is 18.5. The molecule has 6 atom stereocenters. The van der Waals surface area contributed by atoms with Gasteiger partial charge in [-0.1, -0.05) is 0 Å². The van der Waals surface area contributed by atoms with Crippen LogP contribution in [0.5, 0.6) is 0 Å². The molecule has 1 aliphatic carbocycles. The minimum atomic E-state index is -3.01. The van der Waals surface area contributed by atoms with Gasteiger partial charge in [-0.3, -0.25) is 0 Å². The molecular formula is C39H80O8SiSn. The van der Waals surface area contributed by atoms with E-state index in [-0.39, 0.29) is 39.9 Å². The Bertz CT molecular complexity index is 944. The van der Waals surface area contributed by atoms with E-state index in [1.54, 1.807) is 14.2 Å². The van der Waals surface area contributed by atoms with E-state index in [1.807, 2.05) is 13.8 Å². The van der Waals surface area contributed by atoms with Crippen LogP contribution in [-0.2, 0) is 37.6 Å².